The fraction of sp³-hybridized carbons (Fsp3) is 0.375. The van der Waals surface area contributed by atoms with E-state index in [1.54, 1.807) is 6.20 Å². The molecule has 0 amide bonds. The van der Waals surface area contributed by atoms with Gasteiger partial charge in [0.1, 0.15) is 5.82 Å². The van der Waals surface area contributed by atoms with Crippen LogP contribution in [0.15, 0.2) is 42.7 Å². The molecule has 2 rings (SSSR count). The number of hydrogen-bond donors (Lipinski definition) is 1. The van der Waals surface area contributed by atoms with E-state index in [0.717, 1.165) is 24.4 Å². The third-order valence-electron chi connectivity index (χ3n) is 3.31. The number of rotatable bonds is 7. The van der Waals surface area contributed by atoms with Crippen molar-refractivity contribution in [3.8, 4) is 0 Å². The van der Waals surface area contributed by atoms with Gasteiger partial charge in [0, 0.05) is 18.9 Å². The fourth-order valence-corrected chi connectivity index (χ4v) is 2.22. The minimum absolute atomic E-state index is 0.0393. The van der Waals surface area contributed by atoms with Gasteiger partial charge < -0.3 is 10.3 Å². The molecule has 1 aromatic carbocycles. The molecule has 4 heteroatoms. The second kappa shape index (κ2) is 7.01. The maximum atomic E-state index is 12.2. The van der Waals surface area contributed by atoms with E-state index in [1.165, 1.54) is 0 Å². The minimum Gasteiger partial charge on any atom is -0.335 e. The van der Waals surface area contributed by atoms with Crippen LogP contribution in [0.4, 0.5) is 0 Å². The van der Waals surface area contributed by atoms with Crippen LogP contribution in [0, 0.1) is 0 Å². The molecule has 0 bridgehead atoms. The first kappa shape index (κ1) is 14.5. The third kappa shape index (κ3) is 3.78. The summed E-state index contributed by atoms with van der Waals surface area (Å²) >= 11 is 0. The Bertz CT molecular complexity index is 548. The van der Waals surface area contributed by atoms with E-state index >= 15 is 0 Å². The zero-order valence-electron chi connectivity index (χ0n) is 11.8. The molecule has 0 saturated carbocycles. The Labute approximate surface area is 119 Å². The maximum absolute atomic E-state index is 12.2. The lowest BCUT2D eigenvalue weighted by Crippen LogP contribution is -2.34. The normalized spacial score (nSPS) is 12.3. The van der Waals surface area contributed by atoms with Crippen LogP contribution in [-0.4, -0.2) is 21.4 Å². The molecule has 0 aliphatic rings. The Morgan fingerprint density at radius 1 is 1.35 bits per heavy atom. The lowest BCUT2D eigenvalue weighted by molar-refractivity contribution is -0.119. The summed E-state index contributed by atoms with van der Waals surface area (Å²) in [6.45, 7) is 2.99. The average molecular weight is 271 g/mol. The standard InChI is InChI=1S/C16H21N3O/c1-2-9-19-10-8-18-16(19)12-15(20)14(17)11-13-6-4-3-5-7-13/h3-8,10,14H,2,9,11-12,17H2,1H3. The molecule has 0 saturated heterocycles. The number of aromatic nitrogens is 2. The minimum atomic E-state index is -0.468. The molecule has 0 radical (unpaired) electrons. The highest BCUT2D eigenvalue weighted by Crippen LogP contribution is 2.06. The summed E-state index contributed by atoms with van der Waals surface area (Å²) in [7, 11) is 0. The number of hydrogen-bond acceptors (Lipinski definition) is 3. The molecule has 4 nitrogen and oxygen atoms in total. The number of benzene rings is 1. The van der Waals surface area contributed by atoms with Crippen molar-refractivity contribution in [1.29, 1.82) is 0 Å². The van der Waals surface area contributed by atoms with Gasteiger partial charge in [-0.05, 0) is 18.4 Å². The summed E-state index contributed by atoms with van der Waals surface area (Å²) < 4.78 is 2.02. The Kier molecular flexibility index (Phi) is 5.07. The molecule has 106 valence electrons. The predicted octanol–water partition coefficient (Wildman–Crippen LogP) is 1.97. The van der Waals surface area contributed by atoms with Gasteiger partial charge in [-0.2, -0.15) is 0 Å². The molecule has 1 unspecified atom stereocenters. The van der Waals surface area contributed by atoms with Crippen LogP contribution in [-0.2, 0) is 24.2 Å². The van der Waals surface area contributed by atoms with Gasteiger partial charge in [-0.3, -0.25) is 4.79 Å². The van der Waals surface area contributed by atoms with E-state index in [-0.39, 0.29) is 5.78 Å². The van der Waals surface area contributed by atoms with Crippen molar-refractivity contribution in [3.05, 3.63) is 54.1 Å². The summed E-state index contributed by atoms with van der Waals surface area (Å²) in [5.74, 6) is 0.845. The molecule has 2 aromatic rings. The first-order chi connectivity index (χ1) is 9.70. The highest BCUT2D eigenvalue weighted by Gasteiger charge is 2.16. The quantitative estimate of drug-likeness (QED) is 0.837. The summed E-state index contributed by atoms with van der Waals surface area (Å²) in [5.41, 5.74) is 7.09. The lowest BCUT2D eigenvalue weighted by atomic mass is 10.0. The van der Waals surface area contributed by atoms with Crippen LogP contribution >= 0.6 is 0 Å². The predicted molar refractivity (Wildman–Crippen MR) is 79.4 cm³/mol. The number of Topliss-reactive ketones (excluding diaryl/α,β-unsaturated/α-hetero) is 1. The highest BCUT2D eigenvalue weighted by atomic mass is 16.1. The van der Waals surface area contributed by atoms with Crippen LogP contribution in [0.2, 0.25) is 0 Å². The Morgan fingerprint density at radius 2 is 2.10 bits per heavy atom. The van der Waals surface area contributed by atoms with Crippen LogP contribution in [0.5, 0.6) is 0 Å². The van der Waals surface area contributed by atoms with Crippen molar-refractivity contribution >= 4 is 5.78 Å². The highest BCUT2D eigenvalue weighted by molar-refractivity contribution is 5.85. The first-order valence-electron chi connectivity index (χ1n) is 7.03. The van der Waals surface area contributed by atoms with Gasteiger partial charge in [0.15, 0.2) is 5.78 Å². The number of carbonyl (C=O) groups excluding carboxylic acids is 1. The molecule has 1 atom stereocenters. The van der Waals surface area contributed by atoms with Gasteiger partial charge in [0.25, 0.3) is 0 Å². The van der Waals surface area contributed by atoms with Crippen molar-refractivity contribution in [2.45, 2.75) is 38.8 Å². The van der Waals surface area contributed by atoms with E-state index in [1.807, 2.05) is 41.1 Å². The number of ketones is 1. The molecule has 0 aliphatic carbocycles. The van der Waals surface area contributed by atoms with Gasteiger partial charge in [-0.15, -0.1) is 0 Å². The van der Waals surface area contributed by atoms with Gasteiger partial charge >= 0.3 is 0 Å². The zero-order valence-corrected chi connectivity index (χ0v) is 11.8. The summed E-state index contributed by atoms with van der Waals surface area (Å²) in [4.78, 5) is 16.4. The smallest absolute Gasteiger partial charge is 0.157 e. The third-order valence-corrected chi connectivity index (χ3v) is 3.31. The van der Waals surface area contributed by atoms with Crippen molar-refractivity contribution in [3.63, 3.8) is 0 Å². The number of aryl methyl sites for hydroxylation is 1. The molecular formula is C16H21N3O. The van der Waals surface area contributed by atoms with Crippen LogP contribution in [0.3, 0.4) is 0 Å². The SMILES string of the molecule is CCCn1ccnc1CC(=O)C(N)Cc1ccccc1. The molecule has 1 aromatic heterocycles. The van der Waals surface area contributed by atoms with Gasteiger partial charge in [0.2, 0.25) is 0 Å². The van der Waals surface area contributed by atoms with E-state index in [0.29, 0.717) is 12.8 Å². The van der Waals surface area contributed by atoms with E-state index in [4.69, 9.17) is 5.73 Å². The van der Waals surface area contributed by atoms with Crippen molar-refractivity contribution in [1.82, 2.24) is 9.55 Å². The van der Waals surface area contributed by atoms with Gasteiger partial charge in [-0.25, -0.2) is 4.98 Å². The molecule has 2 N–H and O–H groups in total. The molecule has 0 aliphatic heterocycles. The Morgan fingerprint density at radius 3 is 2.80 bits per heavy atom. The molecular weight excluding hydrogens is 250 g/mol. The molecule has 1 heterocycles. The van der Waals surface area contributed by atoms with E-state index < -0.39 is 6.04 Å². The van der Waals surface area contributed by atoms with E-state index in [2.05, 4.69) is 11.9 Å². The van der Waals surface area contributed by atoms with Gasteiger partial charge in [-0.1, -0.05) is 37.3 Å². The first-order valence-corrected chi connectivity index (χ1v) is 7.03. The van der Waals surface area contributed by atoms with Crippen molar-refractivity contribution in [2.24, 2.45) is 5.73 Å². The summed E-state index contributed by atoms with van der Waals surface area (Å²) in [6, 6.07) is 9.39. The molecule has 0 spiro atoms. The number of carbonyl (C=O) groups is 1. The number of nitrogens with two attached hydrogens (primary N) is 1. The summed E-state index contributed by atoms with van der Waals surface area (Å²) in [5, 5.41) is 0. The van der Waals surface area contributed by atoms with E-state index in [9.17, 15) is 4.79 Å². The lowest BCUT2D eigenvalue weighted by Gasteiger charge is -2.11. The molecule has 0 fully saturated rings. The topological polar surface area (TPSA) is 60.9 Å². The largest absolute Gasteiger partial charge is 0.335 e. The maximum Gasteiger partial charge on any atom is 0.157 e. The van der Waals surface area contributed by atoms with Crippen molar-refractivity contribution in [2.75, 3.05) is 0 Å². The van der Waals surface area contributed by atoms with Crippen molar-refractivity contribution < 1.29 is 4.79 Å². The van der Waals surface area contributed by atoms with Crippen LogP contribution in [0.1, 0.15) is 24.7 Å². The zero-order chi connectivity index (χ0) is 14.4. The molecule has 20 heavy (non-hydrogen) atoms. The monoisotopic (exact) mass is 271 g/mol. The number of imidazole rings is 1. The second-order valence-electron chi connectivity index (χ2n) is 4.98. The average Bonchev–Trinajstić information content (AvgIpc) is 2.87. The Balaban J connectivity index is 1.95. The summed E-state index contributed by atoms with van der Waals surface area (Å²) in [6.07, 6.45) is 5.55. The number of nitrogens with zero attached hydrogens (tertiary/aromatic N) is 2. The van der Waals surface area contributed by atoms with Crippen LogP contribution in [0.25, 0.3) is 0 Å². The second-order valence-corrected chi connectivity index (χ2v) is 4.98. The van der Waals surface area contributed by atoms with Gasteiger partial charge in [0.05, 0.1) is 12.5 Å². The fourth-order valence-electron chi connectivity index (χ4n) is 2.22. The van der Waals surface area contributed by atoms with Crippen LogP contribution < -0.4 is 5.73 Å². The Hall–Kier alpha value is -1.94.